The van der Waals surface area contributed by atoms with Crippen molar-refractivity contribution in [3.63, 3.8) is 0 Å². The van der Waals surface area contributed by atoms with Crippen molar-refractivity contribution < 1.29 is 4.39 Å². The Morgan fingerprint density at radius 3 is 3.06 bits per heavy atom. The molecule has 0 aliphatic carbocycles. The van der Waals surface area contributed by atoms with Gasteiger partial charge in [-0.1, -0.05) is 18.6 Å². The van der Waals surface area contributed by atoms with Crippen LogP contribution in [0.4, 0.5) is 4.39 Å². The number of hydrogen-bond acceptors (Lipinski definition) is 2. The van der Waals surface area contributed by atoms with E-state index in [0.717, 1.165) is 18.7 Å². The molecule has 0 bridgehead atoms. The van der Waals surface area contributed by atoms with E-state index in [-0.39, 0.29) is 11.9 Å². The van der Waals surface area contributed by atoms with Gasteiger partial charge in [0.15, 0.2) is 0 Å². The van der Waals surface area contributed by atoms with Crippen LogP contribution in [0.3, 0.4) is 0 Å². The lowest BCUT2D eigenvalue weighted by atomic mass is 10.0. The van der Waals surface area contributed by atoms with E-state index in [9.17, 15) is 4.39 Å². The summed E-state index contributed by atoms with van der Waals surface area (Å²) in [6, 6.07) is 7.59. The van der Waals surface area contributed by atoms with Gasteiger partial charge in [-0.2, -0.15) is 0 Å². The van der Waals surface area contributed by atoms with E-state index in [2.05, 4.69) is 17.6 Å². The highest BCUT2D eigenvalue weighted by Crippen LogP contribution is 2.14. The van der Waals surface area contributed by atoms with E-state index in [1.54, 1.807) is 12.1 Å². The molecule has 2 N–H and O–H groups in total. The Hall–Kier alpha value is -0.930. The second-order valence-electron chi connectivity index (χ2n) is 4.83. The third kappa shape index (κ3) is 3.79. The van der Waals surface area contributed by atoms with Crippen LogP contribution in [0.15, 0.2) is 24.3 Å². The number of halogens is 1. The first-order valence-corrected chi connectivity index (χ1v) is 6.48. The third-order valence-corrected chi connectivity index (χ3v) is 3.43. The third-order valence-electron chi connectivity index (χ3n) is 3.43. The molecule has 3 heteroatoms. The summed E-state index contributed by atoms with van der Waals surface area (Å²) in [6.07, 6.45) is 3.84. The second-order valence-corrected chi connectivity index (χ2v) is 4.83. The zero-order valence-electron chi connectivity index (χ0n) is 10.4. The number of hydrogen-bond donors (Lipinski definition) is 2. The molecular weight excluding hydrogens is 215 g/mol. The monoisotopic (exact) mass is 236 g/mol. The molecule has 0 spiro atoms. The summed E-state index contributed by atoms with van der Waals surface area (Å²) >= 11 is 0. The van der Waals surface area contributed by atoms with Crippen molar-refractivity contribution in [2.75, 3.05) is 13.1 Å². The van der Waals surface area contributed by atoms with Crippen LogP contribution < -0.4 is 10.6 Å². The van der Waals surface area contributed by atoms with E-state index in [1.807, 2.05) is 6.07 Å². The van der Waals surface area contributed by atoms with E-state index < -0.39 is 0 Å². The zero-order valence-corrected chi connectivity index (χ0v) is 10.4. The van der Waals surface area contributed by atoms with E-state index >= 15 is 0 Å². The van der Waals surface area contributed by atoms with Gasteiger partial charge in [0.05, 0.1) is 0 Å². The van der Waals surface area contributed by atoms with Gasteiger partial charge in [0.25, 0.3) is 0 Å². The summed E-state index contributed by atoms with van der Waals surface area (Å²) in [6.45, 7) is 4.16. The summed E-state index contributed by atoms with van der Waals surface area (Å²) in [5.41, 5.74) is 1.01. The topological polar surface area (TPSA) is 24.1 Å². The maximum atomic E-state index is 13.1. The van der Waals surface area contributed by atoms with E-state index in [4.69, 9.17) is 0 Å². The molecule has 1 aromatic carbocycles. The van der Waals surface area contributed by atoms with Gasteiger partial charge in [0, 0.05) is 18.6 Å². The van der Waals surface area contributed by atoms with Crippen molar-refractivity contribution in [2.24, 2.45) is 0 Å². The van der Waals surface area contributed by atoms with Gasteiger partial charge < -0.3 is 10.6 Å². The maximum absolute atomic E-state index is 13.1. The number of piperidine rings is 1. The van der Waals surface area contributed by atoms with Crippen LogP contribution >= 0.6 is 0 Å². The maximum Gasteiger partial charge on any atom is 0.123 e. The minimum absolute atomic E-state index is 0.160. The first-order valence-electron chi connectivity index (χ1n) is 6.48. The van der Waals surface area contributed by atoms with Crippen LogP contribution in [-0.2, 0) is 0 Å². The molecule has 1 fully saturated rings. The first-order chi connectivity index (χ1) is 8.25. The van der Waals surface area contributed by atoms with Crippen LogP contribution in [0.2, 0.25) is 0 Å². The zero-order chi connectivity index (χ0) is 12.1. The molecule has 0 radical (unpaired) electrons. The highest BCUT2D eigenvalue weighted by Gasteiger charge is 2.13. The van der Waals surface area contributed by atoms with Crippen molar-refractivity contribution in [1.29, 1.82) is 0 Å². The van der Waals surface area contributed by atoms with Crippen LogP contribution in [0.5, 0.6) is 0 Å². The van der Waals surface area contributed by atoms with Gasteiger partial charge in [-0.3, -0.25) is 0 Å². The van der Waals surface area contributed by atoms with E-state index in [1.165, 1.54) is 25.3 Å². The lowest BCUT2D eigenvalue weighted by molar-refractivity contribution is 0.371. The molecule has 2 rings (SSSR count). The molecule has 0 amide bonds. The summed E-state index contributed by atoms with van der Waals surface area (Å²) in [7, 11) is 0. The molecule has 1 aromatic rings. The Balaban J connectivity index is 1.82. The Kier molecular flexibility index (Phi) is 4.51. The fourth-order valence-electron chi connectivity index (χ4n) is 2.31. The number of benzene rings is 1. The fourth-order valence-corrected chi connectivity index (χ4v) is 2.31. The molecule has 0 saturated carbocycles. The predicted molar refractivity (Wildman–Crippen MR) is 68.5 cm³/mol. The minimum atomic E-state index is -0.160. The summed E-state index contributed by atoms with van der Waals surface area (Å²) in [5, 5.41) is 6.97. The largest absolute Gasteiger partial charge is 0.313 e. The number of rotatable bonds is 4. The molecule has 17 heavy (non-hydrogen) atoms. The lowest BCUT2D eigenvalue weighted by Gasteiger charge is -2.25. The lowest BCUT2D eigenvalue weighted by Crippen LogP contribution is -2.42. The average Bonchev–Trinajstić information content (AvgIpc) is 2.37. The first kappa shape index (κ1) is 12.5. The van der Waals surface area contributed by atoms with Crippen LogP contribution in [0.1, 0.15) is 37.8 Å². The Morgan fingerprint density at radius 2 is 2.35 bits per heavy atom. The van der Waals surface area contributed by atoms with Crippen molar-refractivity contribution in [3.05, 3.63) is 35.6 Å². The minimum Gasteiger partial charge on any atom is -0.313 e. The Labute approximate surface area is 103 Å². The molecule has 0 aromatic heterocycles. The highest BCUT2D eigenvalue weighted by molar-refractivity contribution is 5.19. The highest BCUT2D eigenvalue weighted by atomic mass is 19.1. The molecule has 1 heterocycles. The van der Waals surface area contributed by atoms with Crippen LogP contribution in [0.25, 0.3) is 0 Å². The summed E-state index contributed by atoms with van der Waals surface area (Å²) in [4.78, 5) is 0. The second kappa shape index (κ2) is 6.12. The van der Waals surface area contributed by atoms with Crippen molar-refractivity contribution in [3.8, 4) is 0 Å². The van der Waals surface area contributed by atoms with Gasteiger partial charge >= 0.3 is 0 Å². The van der Waals surface area contributed by atoms with Crippen molar-refractivity contribution >= 4 is 0 Å². The predicted octanol–water partition coefficient (Wildman–Crippen LogP) is 2.62. The molecule has 1 aliphatic heterocycles. The Bertz CT molecular complexity index is 348. The molecule has 1 saturated heterocycles. The van der Waals surface area contributed by atoms with Crippen molar-refractivity contribution in [2.45, 2.75) is 38.3 Å². The average molecular weight is 236 g/mol. The molecule has 94 valence electrons. The Morgan fingerprint density at radius 1 is 1.47 bits per heavy atom. The SMILES string of the molecule is CC(NCC1CCCCN1)c1cccc(F)c1. The quantitative estimate of drug-likeness (QED) is 0.839. The van der Waals surface area contributed by atoms with Crippen LogP contribution in [0, 0.1) is 5.82 Å². The van der Waals surface area contributed by atoms with Gasteiger partial charge in [-0.25, -0.2) is 4.39 Å². The van der Waals surface area contributed by atoms with Gasteiger partial charge in [0.1, 0.15) is 5.82 Å². The number of nitrogens with one attached hydrogen (secondary N) is 2. The van der Waals surface area contributed by atoms with Gasteiger partial charge in [0.2, 0.25) is 0 Å². The molecular formula is C14H21FN2. The van der Waals surface area contributed by atoms with Crippen LogP contribution in [-0.4, -0.2) is 19.1 Å². The van der Waals surface area contributed by atoms with Crippen molar-refractivity contribution in [1.82, 2.24) is 10.6 Å². The van der Waals surface area contributed by atoms with E-state index in [0.29, 0.717) is 6.04 Å². The standard InChI is InChI=1S/C14H21FN2/c1-11(12-5-4-6-13(15)9-12)17-10-14-7-2-3-8-16-14/h4-6,9,11,14,16-17H,2-3,7-8,10H2,1H3. The van der Waals surface area contributed by atoms with Gasteiger partial charge in [-0.05, 0) is 44.0 Å². The molecule has 1 aliphatic rings. The molecule has 2 nitrogen and oxygen atoms in total. The summed E-state index contributed by atoms with van der Waals surface area (Å²) < 4.78 is 13.1. The fraction of sp³-hybridized carbons (Fsp3) is 0.571. The molecule has 2 unspecified atom stereocenters. The van der Waals surface area contributed by atoms with Gasteiger partial charge in [-0.15, -0.1) is 0 Å². The molecule has 2 atom stereocenters. The normalized spacial score (nSPS) is 22.4. The smallest absolute Gasteiger partial charge is 0.123 e. The summed E-state index contributed by atoms with van der Waals surface area (Å²) in [5.74, 6) is -0.160.